The smallest absolute Gasteiger partial charge is 0.0237 e. The van der Waals surface area contributed by atoms with Gasteiger partial charge in [0.15, 0.2) is 0 Å². The summed E-state index contributed by atoms with van der Waals surface area (Å²) >= 11 is 0. The van der Waals surface area contributed by atoms with Gasteiger partial charge < -0.3 is 5.32 Å². The lowest BCUT2D eigenvalue weighted by Gasteiger charge is -2.26. The fraction of sp³-hybridized carbons (Fsp3) is 0.625. The third-order valence-corrected chi connectivity index (χ3v) is 3.35. The van der Waals surface area contributed by atoms with Crippen LogP contribution in [0.2, 0.25) is 0 Å². The van der Waals surface area contributed by atoms with Crippen LogP contribution in [-0.4, -0.2) is 29.6 Å². The number of rotatable bonds is 6. The van der Waals surface area contributed by atoms with Crippen molar-refractivity contribution in [2.75, 3.05) is 13.1 Å². The minimum atomic E-state index is 0.224. The summed E-state index contributed by atoms with van der Waals surface area (Å²) in [4.78, 5) is 2.62. The molecule has 0 bridgehead atoms. The van der Waals surface area contributed by atoms with E-state index in [-0.39, 0.29) is 5.54 Å². The van der Waals surface area contributed by atoms with Gasteiger partial charge in [-0.25, -0.2) is 0 Å². The van der Waals surface area contributed by atoms with Crippen molar-refractivity contribution >= 4 is 0 Å². The molecule has 0 aromatic heterocycles. The van der Waals surface area contributed by atoms with E-state index in [0.29, 0.717) is 0 Å². The summed E-state index contributed by atoms with van der Waals surface area (Å²) in [6.45, 7) is 10.0. The number of benzene rings is 1. The standard InChI is InChI=1S/C16H26N2/c1-16(2,3)17-11-12-18(15-9-10-15)13-14-7-5-4-6-8-14/h4-8,15,17H,9-13H2,1-3H3. The Balaban J connectivity index is 1.81. The Labute approximate surface area is 111 Å². The van der Waals surface area contributed by atoms with E-state index in [0.717, 1.165) is 25.7 Å². The molecule has 0 aliphatic heterocycles. The molecule has 2 rings (SSSR count). The van der Waals surface area contributed by atoms with E-state index < -0.39 is 0 Å². The Kier molecular flexibility index (Phi) is 4.41. The molecule has 0 amide bonds. The van der Waals surface area contributed by atoms with Gasteiger partial charge >= 0.3 is 0 Å². The molecular formula is C16H26N2. The zero-order chi connectivity index (χ0) is 13.0. The molecule has 2 nitrogen and oxygen atoms in total. The lowest BCUT2D eigenvalue weighted by Crippen LogP contribution is -2.41. The highest BCUT2D eigenvalue weighted by Gasteiger charge is 2.28. The van der Waals surface area contributed by atoms with Gasteiger partial charge in [-0.15, -0.1) is 0 Å². The molecular weight excluding hydrogens is 220 g/mol. The monoisotopic (exact) mass is 246 g/mol. The molecule has 18 heavy (non-hydrogen) atoms. The van der Waals surface area contributed by atoms with Crippen molar-refractivity contribution < 1.29 is 0 Å². The molecule has 0 heterocycles. The van der Waals surface area contributed by atoms with Gasteiger partial charge in [0.2, 0.25) is 0 Å². The second-order valence-corrected chi connectivity index (χ2v) is 6.36. The van der Waals surface area contributed by atoms with E-state index in [9.17, 15) is 0 Å². The van der Waals surface area contributed by atoms with Crippen LogP contribution in [0, 0.1) is 0 Å². The Morgan fingerprint density at radius 2 is 1.83 bits per heavy atom. The molecule has 1 N–H and O–H groups in total. The first-order valence-corrected chi connectivity index (χ1v) is 7.07. The van der Waals surface area contributed by atoms with Crippen LogP contribution in [0.3, 0.4) is 0 Å². The van der Waals surface area contributed by atoms with Gasteiger partial charge in [-0.1, -0.05) is 30.3 Å². The molecule has 0 spiro atoms. The lowest BCUT2D eigenvalue weighted by atomic mass is 10.1. The Hall–Kier alpha value is -0.860. The summed E-state index contributed by atoms with van der Waals surface area (Å²) < 4.78 is 0. The molecule has 1 aromatic rings. The maximum absolute atomic E-state index is 3.58. The topological polar surface area (TPSA) is 15.3 Å². The second kappa shape index (κ2) is 5.85. The van der Waals surface area contributed by atoms with Crippen molar-refractivity contribution in [1.29, 1.82) is 0 Å². The van der Waals surface area contributed by atoms with Crippen LogP contribution in [0.15, 0.2) is 30.3 Å². The molecule has 0 radical (unpaired) electrons. The Bertz CT molecular complexity index is 349. The first-order chi connectivity index (χ1) is 8.54. The van der Waals surface area contributed by atoms with Crippen molar-refractivity contribution in [3.63, 3.8) is 0 Å². The van der Waals surface area contributed by atoms with Crippen LogP contribution in [0.1, 0.15) is 39.2 Å². The molecule has 1 aliphatic rings. The molecule has 0 saturated heterocycles. The van der Waals surface area contributed by atoms with E-state index in [1.165, 1.54) is 18.4 Å². The molecule has 0 unspecified atom stereocenters. The predicted octanol–water partition coefficient (Wildman–Crippen LogP) is 3.04. The third-order valence-electron chi connectivity index (χ3n) is 3.35. The van der Waals surface area contributed by atoms with Crippen LogP contribution >= 0.6 is 0 Å². The summed E-state index contributed by atoms with van der Waals surface area (Å²) in [5, 5.41) is 3.58. The fourth-order valence-electron chi connectivity index (χ4n) is 2.22. The maximum atomic E-state index is 3.58. The highest BCUT2D eigenvalue weighted by molar-refractivity contribution is 5.14. The van der Waals surface area contributed by atoms with Gasteiger partial charge in [0, 0.05) is 31.2 Å². The van der Waals surface area contributed by atoms with Gasteiger partial charge in [0.25, 0.3) is 0 Å². The summed E-state index contributed by atoms with van der Waals surface area (Å²) in [6, 6.07) is 11.6. The average molecular weight is 246 g/mol. The third kappa shape index (κ3) is 4.79. The zero-order valence-corrected chi connectivity index (χ0v) is 11.9. The molecule has 1 aromatic carbocycles. The maximum Gasteiger partial charge on any atom is 0.0237 e. The van der Waals surface area contributed by atoms with Crippen molar-refractivity contribution in [2.24, 2.45) is 0 Å². The van der Waals surface area contributed by atoms with E-state index in [2.05, 4.69) is 61.3 Å². The number of nitrogens with one attached hydrogen (secondary N) is 1. The van der Waals surface area contributed by atoms with Crippen molar-refractivity contribution in [3.8, 4) is 0 Å². The second-order valence-electron chi connectivity index (χ2n) is 6.36. The normalized spacial score (nSPS) is 16.2. The molecule has 100 valence electrons. The lowest BCUT2D eigenvalue weighted by molar-refractivity contribution is 0.244. The minimum Gasteiger partial charge on any atom is -0.311 e. The molecule has 1 aliphatic carbocycles. The first-order valence-electron chi connectivity index (χ1n) is 7.07. The summed E-state index contributed by atoms with van der Waals surface area (Å²) in [5.41, 5.74) is 1.65. The largest absolute Gasteiger partial charge is 0.311 e. The average Bonchev–Trinajstić information content (AvgIpc) is 3.11. The van der Waals surface area contributed by atoms with Crippen molar-refractivity contribution in [3.05, 3.63) is 35.9 Å². The number of hydrogen-bond acceptors (Lipinski definition) is 2. The van der Waals surface area contributed by atoms with Gasteiger partial charge in [0.05, 0.1) is 0 Å². The van der Waals surface area contributed by atoms with Crippen molar-refractivity contribution in [2.45, 2.75) is 51.7 Å². The van der Waals surface area contributed by atoms with E-state index >= 15 is 0 Å². The van der Waals surface area contributed by atoms with Crippen LogP contribution in [-0.2, 0) is 6.54 Å². The summed E-state index contributed by atoms with van der Waals surface area (Å²) in [7, 11) is 0. The molecule has 1 saturated carbocycles. The van der Waals surface area contributed by atoms with Gasteiger partial charge in [-0.05, 0) is 39.2 Å². The zero-order valence-electron chi connectivity index (χ0n) is 11.9. The summed E-state index contributed by atoms with van der Waals surface area (Å²) in [5.74, 6) is 0. The van der Waals surface area contributed by atoms with Gasteiger partial charge in [-0.2, -0.15) is 0 Å². The summed E-state index contributed by atoms with van der Waals surface area (Å²) in [6.07, 6.45) is 2.75. The van der Waals surface area contributed by atoms with Crippen LogP contribution in [0.5, 0.6) is 0 Å². The molecule has 2 heteroatoms. The minimum absolute atomic E-state index is 0.224. The SMILES string of the molecule is CC(C)(C)NCCN(Cc1ccccc1)C1CC1. The fourth-order valence-corrected chi connectivity index (χ4v) is 2.22. The highest BCUT2D eigenvalue weighted by atomic mass is 15.2. The first kappa shape index (κ1) is 13.6. The predicted molar refractivity (Wildman–Crippen MR) is 77.6 cm³/mol. The van der Waals surface area contributed by atoms with E-state index in [1.54, 1.807) is 0 Å². The van der Waals surface area contributed by atoms with Crippen LogP contribution in [0.25, 0.3) is 0 Å². The molecule has 1 fully saturated rings. The van der Waals surface area contributed by atoms with Gasteiger partial charge in [-0.3, -0.25) is 4.90 Å². The van der Waals surface area contributed by atoms with Gasteiger partial charge in [0.1, 0.15) is 0 Å². The van der Waals surface area contributed by atoms with E-state index in [4.69, 9.17) is 0 Å². The Morgan fingerprint density at radius 3 is 2.39 bits per heavy atom. The molecule has 0 atom stereocenters. The number of nitrogens with zero attached hydrogens (tertiary/aromatic N) is 1. The number of hydrogen-bond donors (Lipinski definition) is 1. The van der Waals surface area contributed by atoms with E-state index in [1.807, 2.05) is 0 Å². The Morgan fingerprint density at radius 1 is 1.17 bits per heavy atom. The van der Waals surface area contributed by atoms with Crippen LogP contribution < -0.4 is 5.32 Å². The van der Waals surface area contributed by atoms with Crippen LogP contribution in [0.4, 0.5) is 0 Å². The highest BCUT2D eigenvalue weighted by Crippen LogP contribution is 2.27. The van der Waals surface area contributed by atoms with Crippen molar-refractivity contribution in [1.82, 2.24) is 10.2 Å². The quantitative estimate of drug-likeness (QED) is 0.830.